The molecule has 1 aliphatic heterocycles. The van der Waals surface area contributed by atoms with Crippen molar-refractivity contribution in [2.75, 3.05) is 42.9 Å². The van der Waals surface area contributed by atoms with Gasteiger partial charge in [-0.1, -0.05) is 31.2 Å². The molecule has 5 heteroatoms. The molecule has 0 saturated carbocycles. The number of benzene rings is 2. The first-order chi connectivity index (χ1) is 12.2. The molecule has 0 radical (unpaired) electrons. The van der Waals surface area contributed by atoms with Gasteiger partial charge in [0.25, 0.3) is 0 Å². The number of carbonyl (C=O) groups excluding carboxylic acids is 1. The standard InChI is InChI=1S/C20H24FN3O/c1-2-16-7-9-17(10-8-16)22-20(25)15-23-11-13-24(14-12-23)19-6-4-3-5-18(19)21/h3-10H,2,11-15H2,1H3,(H,22,25). The van der Waals surface area contributed by atoms with Gasteiger partial charge in [-0.05, 0) is 36.2 Å². The number of hydrogen-bond acceptors (Lipinski definition) is 3. The van der Waals surface area contributed by atoms with E-state index < -0.39 is 0 Å². The van der Waals surface area contributed by atoms with Crippen molar-refractivity contribution < 1.29 is 9.18 Å². The highest BCUT2D eigenvalue weighted by atomic mass is 19.1. The number of nitrogens with one attached hydrogen (secondary N) is 1. The average Bonchev–Trinajstić information content (AvgIpc) is 2.63. The Morgan fingerprint density at radius 3 is 2.36 bits per heavy atom. The zero-order valence-electron chi connectivity index (χ0n) is 14.5. The first kappa shape index (κ1) is 17.4. The second-order valence-electron chi connectivity index (χ2n) is 6.31. The van der Waals surface area contributed by atoms with Crippen LogP contribution in [0.2, 0.25) is 0 Å². The van der Waals surface area contributed by atoms with Crippen LogP contribution < -0.4 is 10.2 Å². The number of carbonyl (C=O) groups is 1. The van der Waals surface area contributed by atoms with Gasteiger partial charge in [0.15, 0.2) is 0 Å². The van der Waals surface area contributed by atoms with Gasteiger partial charge in [0.2, 0.25) is 5.91 Å². The lowest BCUT2D eigenvalue weighted by Crippen LogP contribution is -2.48. The third-order valence-corrected chi connectivity index (χ3v) is 4.58. The molecule has 0 spiro atoms. The SMILES string of the molecule is CCc1ccc(NC(=O)CN2CCN(c3ccccc3F)CC2)cc1. The predicted molar refractivity (Wildman–Crippen MR) is 99.5 cm³/mol. The lowest BCUT2D eigenvalue weighted by atomic mass is 10.1. The van der Waals surface area contributed by atoms with Gasteiger partial charge in [-0.2, -0.15) is 0 Å². The summed E-state index contributed by atoms with van der Waals surface area (Å²) in [7, 11) is 0. The van der Waals surface area contributed by atoms with Gasteiger partial charge in [-0.15, -0.1) is 0 Å². The van der Waals surface area contributed by atoms with Crippen LogP contribution in [-0.4, -0.2) is 43.5 Å². The quantitative estimate of drug-likeness (QED) is 0.907. The highest BCUT2D eigenvalue weighted by Gasteiger charge is 2.20. The van der Waals surface area contributed by atoms with Crippen molar-refractivity contribution in [1.29, 1.82) is 0 Å². The third-order valence-electron chi connectivity index (χ3n) is 4.58. The van der Waals surface area contributed by atoms with Crippen LogP contribution in [0.25, 0.3) is 0 Å². The molecule has 0 aromatic heterocycles. The minimum absolute atomic E-state index is 0.0106. The van der Waals surface area contributed by atoms with Crippen LogP contribution in [0, 0.1) is 5.82 Å². The molecule has 1 fully saturated rings. The highest BCUT2D eigenvalue weighted by molar-refractivity contribution is 5.92. The zero-order chi connectivity index (χ0) is 17.6. The summed E-state index contributed by atoms with van der Waals surface area (Å²) in [6.07, 6.45) is 0.987. The maximum absolute atomic E-state index is 13.9. The number of piperazine rings is 1. The Bertz CT molecular complexity index is 709. The van der Waals surface area contributed by atoms with Crippen molar-refractivity contribution in [3.63, 3.8) is 0 Å². The van der Waals surface area contributed by atoms with Crippen molar-refractivity contribution in [1.82, 2.24) is 4.90 Å². The van der Waals surface area contributed by atoms with Crippen LogP contribution >= 0.6 is 0 Å². The highest BCUT2D eigenvalue weighted by Crippen LogP contribution is 2.20. The lowest BCUT2D eigenvalue weighted by molar-refractivity contribution is -0.117. The fraction of sp³-hybridized carbons (Fsp3) is 0.350. The molecule has 1 amide bonds. The minimum Gasteiger partial charge on any atom is -0.367 e. The number of anilines is 2. The van der Waals surface area contributed by atoms with Crippen molar-refractivity contribution >= 4 is 17.3 Å². The molecule has 0 atom stereocenters. The summed E-state index contributed by atoms with van der Waals surface area (Å²) < 4.78 is 13.9. The van der Waals surface area contributed by atoms with Crippen LogP contribution in [0.3, 0.4) is 0 Å². The molecular formula is C20H24FN3O. The van der Waals surface area contributed by atoms with Crippen molar-refractivity contribution in [2.24, 2.45) is 0 Å². The Kier molecular flexibility index (Phi) is 5.66. The van der Waals surface area contributed by atoms with Crippen molar-refractivity contribution in [2.45, 2.75) is 13.3 Å². The molecule has 132 valence electrons. The average molecular weight is 341 g/mol. The van der Waals surface area contributed by atoms with Crippen LogP contribution in [0.4, 0.5) is 15.8 Å². The number of hydrogen-bond donors (Lipinski definition) is 1. The van der Waals surface area contributed by atoms with E-state index >= 15 is 0 Å². The molecule has 2 aromatic carbocycles. The Labute approximate surface area is 148 Å². The van der Waals surface area contributed by atoms with Gasteiger partial charge < -0.3 is 10.2 Å². The smallest absolute Gasteiger partial charge is 0.238 e. The maximum Gasteiger partial charge on any atom is 0.238 e. The molecule has 0 unspecified atom stereocenters. The van der Waals surface area contributed by atoms with Gasteiger partial charge in [-0.3, -0.25) is 9.69 Å². The van der Waals surface area contributed by atoms with Crippen molar-refractivity contribution in [3.05, 3.63) is 59.9 Å². The predicted octanol–water partition coefficient (Wildman–Crippen LogP) is 3.15. The number of amides is 1. The summed E-state index contributed by atoms with van der Waals surface area (Å²) >= 11 is 0. The van der Waals surface area contributed by atoms with E-state index in [9.17, 15) is 9.18 Å². The first-order valence-electron chi connectivity index (χ1n) is 8.76. The Hall–Kier alpha value is -2.40. The Morgan fingerprint density at radius 2 is 1.72 bits per heavy atom. The van der Waals surface area contributed by atoms with Crippen LogP contribution in [0.15, 0.2) is 48.5 Å². The van der Waals surface area contributed by atoms with Crippen molar-refractivity contribution in [3.8, 4) is 0 Å². The Balaban J connectivity index is 1.48. The van der Waals surface area contributed by atoms with Gasteiger partial charge in [0.05, 0.1) is 12.2 Å². The summed E-state index contributed by atoms with van der Waals surface area (Å²) in [5.41, 5.74) is 2.72. The molecule has 3 rings (SSSR count). The topological polar surface area (TPSA) is 35.6 Å². The second-order valence-corrected chi connectivity index (χ2v) is 6.31. The zero-order valence-corrected chi connectivity index (χ0v) is 14.5. The largest absolute Gasteiger partial charge is 0.367 e. The van der Waals surface area contributed by atoms with Gasteiger partial charge in [0.1, 0.15) is 5.82 Å². The van der Waals surface area contributed by atoms with E-state index in [1.807, 2.05) is 35.2 Å². The molecular weight excluding hydrogens is 317 g/mol. The van der Waals surface area contributed by atoms with Crippen LogP contribution in [0.5, 0.6) is 0 Å². The molecule has 2 aromatic rings. The molecule has 4 nitrogen and oxygen atoms in total. The van der Waals surface area contributed by atoms with E-state index in [1.165, 1.54) is 11.6 Å². The van der Waals surface area contributed by atoms with Gasteiger partial charge in [-0.25, -0.2) is 4.39 Å². The normalized spacial score (nSPS) is 15.2. The third kappa shape index (κ3) is 4.57. The molecule has 0 bridgehead atoms. The number of aryl methyl sites for hydroxylation is 1. The van der Waals surface area contributed by atoms with Gasteiger partial charge >= 0.3 is 0 Å². The minimum atomic E-state index is -0.191. The van der Waals surface area contributed by atoms with E-state index in [4.69, 9.17) is 0 Å². The monoisotopic (exact) mass is 341 g/mol. The van der Waals surface area contributed by atoms with E-state index in [-0.39, 0.29) is 11.7 Å². The van der Waals surface area contributed by atoms with E-state index in [0.717, 1.165) is 38.3 Å². The molecule has 0 aliphatic carbocycles. The number of nitrogens with zero attached hydrogens (tertiary/aromatic N) is 2. The number of rotatable bonds is 5. The summed E-state index contributed by atoms with van der Waals surface area (Å²) in [6, 6.07) is 14.8. The molecule has 1 saturated heterocycles. The lowest BCUT2D eigenvalue weighted by Gasteiger charge is -2.35. The fourth-order valence-electron chi connectivity index (χ4n) is 3.08. The van der Waals surface area contributed by atoms with Crippen LogP contribution in [-0.2, 0) is 11.2 Å². The molecule has 1 aliphatic rings. The first-order valence-corrected chi connectivity index (χ1v) is 8.76. The molecule has 25 heavy (non-hydrogen) atoms. The second kappa shape index (κ2) is 8.12. The molecule has 1 N–H and O–H groups in total. The molecule has 1 heterocycles. The number of para-hydroxylation sites is 1. The van der Waals surface area contributed by atoms with E-state index in [0.29, 0.717) is 12.2 Å². The summed E-state index contributed by atoms with van der Waals surface area (Å²) in [4.78, 5) is 16.4. The summed E-state index contributed by atoms with van der Waals surface area (Å²) in [5.74, 6) is -0.201. The van der Waals surface area contributed by atoms with E-state index in [1.54, 1.807) is 12.1 Å². The summed E-state index contributed by atoms with van der Waals surface area (Å²) in [5, 5.41) is 2.94. The summed E-state index contributed by atoms with van der Waals surface area (Å²) in [6.45, 7) is 5.40. The van der Waals surface area contributed by atoms with Gasteiger partial charge in [0, 0.05) is 31.9 Å². The number of halogens is 1. The maximum atomic E-state index is 13.9. The Morgan fingerprint density at radius 1 is 1.04 bits per heavy atom. The van der Waals surface area contributed by atoms with E-state index in [2.05, 4.69) is 17.1 Å². The fourth-order valence-corrected chi connectivity index (χ4v) is 3.08. The van der Waals surface area contributed by atoms with Crippen LogP contribution in [0.1, 0.15) is 12.5 Å².